The lowest BCUT2D eigenvalue weighted by atomic mass is 9.94. The van der Waals surface area contributed by atoms with Gasteiger partial charge in [-0.2, -0.15) is 0 Å². The van der Waals surface area contributed by atoms with Gasteiger partial charge in [-0.25, -0.2) is 0 Å². The molecule has 1 N–H and O–H groups in total. The van der Waals surface area contributed by atoms with Gasteiger partial charge in [-0.3, -0.25) is 0 Å². The summed E-state index contributed by atoms with van der Waals surface area (Å²) in [5.41, 5.74) is 2.64. The fourth-order valence-corrected chi connectivity index (χ4v) is 1.81. The zero-order valence-corrected chi connectivity index (χ0v) is 9.83. The average molecular weight is 202 g/mol. The predicted molar refractivity (Wildman–Crippen MR) is 65.0 cm³/mol. The summed E-state index contributed by atoms with van der Waals surface area (Å²) >= 11 is 0. The fraction of sp³-hybridized carbons (Fsp3) is 0.385. The number of hydrogen-bond donors (Lipinski definition) is 1. The fourth-order valence-electron chi connectivity index (χ4n) is 1.81. The van der Waals surface area contributed by atoms with Crippen LogP contribution in [0.25, 0.3) is 10.9 Å². The van der Waals surface area contributed by atoms with Crippen LogP contribution in [0, 0.1) is 0 Å². The van der Waals surface area contributed by atoms with Gasteiger partial charge in [0.2, 0.25) is 0 Å². The van der Waals surface area contributed by atoms with Crippen LogP contribution >= 0.6 is 0 Å². The highest BCUT2D eigenvalue weighted by molar-refractivity contribution is 5.81. The van der Waals surface area contributed by atoms with Crippen LogP contribution in [-0.2, 0) is 12.6 Å². The highest BCUT2D eigenvalue weighted by atomic mass is 14.9. The molecule has 2 aromatic rings. The molecule has 0 amide bonds. The molecule has 15 heavy (non-hydrogen) atoms. The molecular formula is C13H18N2. The second-order valence-corrected chi connectivity index (χ2v) is 4.58. The largest absolute Gasteiger partial charge is 0.351 e. The van der Waals surface area contributed by atoms with E-state index >= 15 is 0 Å². The third-order valence-corrected chi connectivity index (χ3v) is 3.23. The van der Waals surface area contributed by atoms with Crippen molar-refractivity contribution in [3.8, 4) is 0 Å². The molecule has 0 aliphatic heterocycles. The first kappa shape index (κ1) is 10.2. The Morgan fingerprint density at radius 1 is 1.20 bits per heavy atom. The number of benzene rings is 1. The average Bonchev–Trinajstić information content (AvgIpc) is 2.60. The van der Waals surface area contributed by atoms with Crippen molar-refractivity contribution in [2.45, 2.75) is 19.4 Å². The van der Waals surface area contributed by atoms with Crippen LogP contribution in [0.4, 0.5) is 0 Å². The highest BCUT2D eigenvalue weighted by Crippen LogP contribution is 2.24. The number of rotatable bonds is 2. The van der Waals surface area contributed by atoms with Crippen molar-refractivity contribution < 1.29 is 0 Å². The summed E-state index contributed by atoms with van der Waals surface area (Å²) in [5, 5.41) is 4.63. The van der Waals surface area contributed by atoms with Crippen molar-refractivity contribution in [3.63, 3.8) is 0 Å². The normalized spacial score (nSPS) is 12.3. The smallest absolute Gasteiger partial charge is 0.0477 e. The van der Waals surface area contributed by atoms with Crippen LogP contribution < -0.4 is 5.32 Å². The molecule has 0 saturated heterocycles. The zero-order valence-electron chi connectivity index (χ0n) is 9.83. The molecule has 0 aliphatic rings. The first-order valence-electron chi connectivity index (χ1n) is 5.29. The lowest BCUT2D eigenvalue weighted by Gasteiger charge is -2.24. The third kappa shape index (κ3) is 1.65. The molecule has 0 unspecified atom stereocenters. The third-order valence-electron chi connectivity index (χ3n) is 3.23. The molecule has 2 heteroatoms. The molecule has 2 nitrogen and oxygen atoms in total. The Labute approximate surface area is 90.9 Å². The molecule has 0 fully saturated rings. The molecule has 1 aromatic carbocycles. The molecule has 0 aliphatic carbocycles. The van der Waals surface area contributed by atoms with Crippen molar-refractivity contribution in [1.29, 1.82) is 0 Å². The van der Waals surface area contributed by atoms with E-state index in [2.05, 4.69) is 61.2 Å². The molecule has 0 atom stereocenters. The Hall–Kier alpha value is -1.28. The molecule has 2 rings (SSSR count). The van der Waals surface area contributed by atoms with E-state index in [1.807, 2.05) is 7.05 Å². The Kier molecular flexibility index (Phi) is 2.31. The van der Waals surface area contributed by atoms with Crippen LogP contribution in [0.3, 0.4) is 0 Å². The first-order chi connectivity index (χ1) is 7.04. The summed E-state index contributed by atoms with van der Waals surface area (Å²) in [5.74, 6) is 0. The number of hydrogen-bond acceptors (Lipinski definition) is 1. The van der Waals surface area contributed by atoms with Crippen LogP contribution in [0.15, 0.2) is 30.5 Å². The van der Waals surface area contributed by atoms with Gasteiger partial charge in [0.1, 0.15) is 0 Å². The lowest BCUT2D eigenvalue weighted by Crippen LogP contribution is -2.32. The number of nitrogens with one attached hydrogen (secondary N) is 1. The van der Waals surface area contributed by atoms with E-state index in [0.717, 1.165) is 0 Å². The van der Waals surface area contributed by atoms with Gasteiger partial charge in [0, 0.05) is 24.3 Å². The number of fused-ring (bicyclic) bond motifs is 1. The van der Waals surface area contributed by atoms with Crippen LogP contribution in [-0.4, -0.2) is 11.6 Å². The van der Waals surface area contributed by atoms with Gasteiger partial charge >= 0.3 is 0 Å². The first-order valence-corrected chi connectivity index (χ1v) is 5.29. The summed E-state index contributed by atoms with van der Waals surface area (Å²) in [6.07, 6.45) is 2.10. The van der Waals surface area contributed by atoms with Gasteiger partial charge in [-0.15, -0.1) is 0 Å². The van der Waals surface area contributed by atoms with Gasteiger partial charge in [0.05, 0.1) is 0 Å². The van der Waals surface area contributed by atoms with E-state index in [1.54, 1.807) is 0 Å². The summed E-state index contributed by atoms with van der Waals surface area (Å²) in [6.45, 7) is 4.38. The van der Waals surface area contributed by atoms with E-state index in [4.69, 9.17) is 0 Å². The molecule has 1 heterocycles. The van der Waals surface area contributed by atoms with Gasteiger partial charge in [-0.05, 0) is 50.0 Å². The molecule has 0 saturated carbocycles. The van der Waals surface area contributed by atoms with Gasteiger partial charge < -0.3 is 9.88 Å². The minimum atomic E-state index is 0.0318. The SMILES string of the molecule is CNC(C)(C)c1ccc2c(ccn2C)c1. The monoisotopic (exact) mass is 202 g/mol. The quantitative estimate of drug-likeness (QED) is 0.792. The Bertz CT molecular complexity index is 480. The minimum Gasteiger partial charge on any atom is -0.351 e. The molecule has 0 spiro atoms. The highest BCUT2D eigenvalue weighted by Gasteiger charge is 2.17. The summed E-state index contributed by atoms with van der Waals surface area (Å²) < 4.78 is 2.14. The molecule has 1 aromatic heterocycles. The molecule has 0 radical (unpaired) electrons. The van der Waals surface area contributed by atoms with Gasteiger partial charge in [0.25, 0.3) is 0 Å². The van der Waals surface area contributed by atoms with Gasteiger partial charge in [-0.1, -0.05) is 6.07 Å². The Morgan fingerprint density at radius 3 is 2.60 bits per heavy atom. The van der Waals surface area contributed by atoms with Crippen molar-refractivity contribution >= 4 is 10.9 Å². The maximum atomic E-state index is 3.32. The Balaban J connectivity index is 2.57. The van der Waals surface area contributed by atoms with Gasteiger partial charge in [0.15, 0.2) is 0 Å². The minimum absolute atomic E-state index is 0.0318. The zero-order chi connectivity index (χ0) is 11.1. The summed E-state index contributed by atoms with van der Waals surface area (Å²) in [7, 11) is 4.07. The number of aromatic nitrogens is 1. The maximum absolute atomic E-state index is 3.32. The lowest BCUT2D eigenvalue weighted by molar-refractivity contribution is 0.445. The Morgan fingerprint density at radius 2 is 1.93 bits per heavy atom. The molecule has 80 valence electrons. The topological polar surface area (TPSA) is 17.0 Å². The number of aryl methyl sites for hydroxylation is 1. The van der Waals surface area contributed by atoms with Crippen molar-refractivity contribution in [2.24, 2.45) is 7.05 Å². The summed E-state index contributed by atoms with van der Waals surface area (Å²) in [4.78, 5) is 0. The van der Waals surface area contributed by atoms with E-state index in [0.29, 0.717) is 0 Å². The second kappa shape index (κ2) is 3.38. The van der Waals surface area contributed by atoms with E-state index in [-0.39, 0.29) is 5.54 Å². The predicted octanol–water partition coefficient (Wildman–Crippen LogP) is 2.63. The van der Waals surface area contributed by atoms with Crippen molar-refractivity contribution in [2.75, 3.05) is 7.05 Å². The van der Waals surface area contributed by atoms with E-state index < -0.39 is 0 Å². The standard InChI is InChI=1S/C13H18N2/c1-13(2,14-3)11-5-6-12-10(9-11)7-8-15(12)4/h5-9,14H,1-4H3. The van der Waals surface area contributed by atoms with E-state index in [9.17, 15) is 0 Å². The molecule has 0 bridgehead atoms. The molecular weight excluding hydrogens is 184 g/mol. The van der Waals surface area contributed by atoms with Crippen molar-refractivity contribution in [3.05, 3.63) is 36.0 Å². The van der Waals surface area contributed by atoms with Crippen LogP contribution in [0.2, 0.25) is 0 Å². The second-order valence-electron chi connectivity index (χ2n) is 4.58. The summed E-state index contributed by atoms with van der Waals surface area (Å²) in [6, 6.07) is 8.79. The van der Waals surface area contributed by atoms with Crippen LogP contribution in [0.1, 0.15) is 19.4 Å². The van der Waals surface area contributed by atoms with Crippen LogP contribution in [0.5, 0.6) is 0 Å². The van der Waals surface area contributed by atoms with Crippen molar-refractivity contribution in [1.82, 2.24) is 9.88 Å². The maximum Gasteiger partial charge on any atom is 0.0477 e. The number of nitrogens with zero attached hydrogens (tertiary/aromatic N) is 1. The van der Waals surface area contributed by atoms with E-state index in [1.165, 1.54) is 16.5 Å².